The zero-order valence-electron chi connectivity index (χ0n) is 10.2. The zero-order chi connectivity index (χ0) is 13.5. The van der Waals surface area contributed by atoms with Gasteiger partial charge in [-0.1, -0.05) is 36.4 Å². The average molecular weight is 255 g/mol. The van der Waals surface area contributed by atoms with Crippen molar-refractivity contribution in [2.75, 3.05) is 6.61 Å². The normalized spacial score (nSPS) is 10.5. The Kier molecular flexibility index (Phi) is 4.29. The first kappa shape index (κ1) is 12.8. The van der Waals surface area contributed by atoms with E-state index in [1.807, 2.05) is 42.5 Å². The molecule has 0 spiro atoms. The lowest BCUT2D eigenvalue weighted by atomic mass is 10.2. The van der Waals surface area contributed by atoms with E-state index < -0.39 is 5.97 Å². The van der Waals surface area contributed by atoms with Crippen molar-refractivity contribution in [2.24, 2.45) is 0 Å². The van der Waals surface area contributed by atoms with Crippen LogP contribution in [0.1, 0.15) is 16.1 Å². The highest BCUT2D eigenvalue weighted by molar-refractivity contribution is 5.85. The standard InChI is InChI=1S/C15H13NO3/c17-15(18)14-9-8-13(11-16-14)19-10-4-7-12-5-2-1-3-6-12/h1-9,11H,10H2,(H,17,18)/b7-4+. The summed E-state index contributed by atoms with van der Waals surface area (Å²) in [6, 6.07) is 12.9. The van der Waals surface area contributed by atoms with E-state index in [9.17, 15) is 4.79 Å². The van der Waals surface area contributed by atoms with Crippen LogP contribution in [0.4, 0.5) is 0 Å². The molecule has 0 radical (unpaired) electrons. The van der Waals surface area contributed by atoms with Crippen molar-refractivity contribution in [1.29, 1.82) is 0 Å². The smallest absolute Gasteiger partial charge is 0.354 e. The molecule has 1 aromatic heterocycles. The van der Waals surface area contributed by atoms with Crippen LogP contribution in [0.15, 0.2) is 54.7 Å². The Morgan fingerprint density at radius 1 is 1.21 bits per heavy atom. The van der Waals surface area contributed by atoms with E-state index in [0.717, 1.165) is 5.56 Å². The molecule has 1 heterocycles. The summed E-state index contributed by atoms with van der Waals surface area (Å²) >= 11 is 0. The molecule has 1 N–H and O–H groups in total. The number of aromatic nitrogens is 1. The summed E-state index contributed by atoms with van der Waals surface area (Å²) < 4.78 is 5.42. The number of carboxylic acid groups (broad SMARTS) is 1. The zero-order valence-corrected chi connectivity index (χ0v) is 10.2. The van der Waals surface area contributed by atoms with Crippen molar-refractivity contribution in [3.05, 3.63) is 66.0 Å². The molecule has 0 saturated heterocycles. The number of rotatable bonds is 5. The quantitative estimate of drug-likeness (QED) is 0.892. The fourth-order valence-corrected chi connectivity index (χ4v) is 1.48. The first-order valence-electron chi connectivity index (χ1n) is 5.79. The Morgan fingerprint density at radius 2 is 2.00 bits per heavy atom. The van der Waals surface area contributed by atoms with Crippen molar-refractivity contribution < 1.29 is 14.6 Å². The Balaban J connectivity index is 1.86. The van der Waals surface area contributed by atoms with Gasteiger partial charge < -0.3 is 9.84 Å². The minimum Gasteiger partial charge on any atom is -0.488 e. The van der Waals surface area contributed by atoms with Crippen LogP contribution in [0.2, 0.25) is 0 Å². The first-order valence-corrected chi connectivity index (χ1v) is 5.79. The van der Waals surface area contributed by atoms with Gasteiger partial charge in [-0.15, -0.1) is 0 Å². The topological polar surface area (TPSA) is 59.4 Å². The number of pyridine rings is 1. The van der Waals surface area contributed by atoms with Crippen LogP contribution in [0.3, 0.4) is 0 Å². The van der Waals surface area contributed by atoms with Crippen molar-refractivity contribution in [3.63, 3.8) is 0 Å². The molecule has 4 nitrogen and oxygen atoms in total. The van der Waals surface area contributed by atoms with E-state index in [-0.39, 0.29) is 5.69 Å². The van der Waals surface area contributed by atoms with Crippen LogP contribution in [0, 0.1) is 0 Å². The molecule has 19 heavy (non-hydrogen) atoms. The minimum absolute atomic E-state index is 0.00665. The molecule has 2 rings (SSSR count). The van der Waals surface area contributed by atoms with Gasteiger partial charge in [0.15, 0.2) is 0 Å². The van der Waals surface area contributed by atoms with E-state index >= 15 is 0 Å². The summed E-state index contributed by atoms with van der Waals surface area (Å²) in [4.78, 5) is 14.4. The van der Waals surface area contributed by atoms with Crippen LogP contribution < -0.4 is 4.74 Å². The molecule has 96 valence electrons. The third kappa shape index (κ3) is 3.96. The molecular formula is C15H13NO3. The fourth-order valence-electron chi connectivity index (χ4n) is 1.48. The summed E-state index contributed by atoms with van der Waals surface area (Å²) in [6.07, 6.45) is 5.25. The number of hydrogen-bond acceptors (Lipinski definition) is 3. The van der Waals surface area contributed by atoms with Crippen LogP contribution >= 0.6 is 0 Å². The molecule has 0 saturated carbocycles. The second kappa shape index (κ2) is 6.35. The predicted octanol–water partition coefficient (Wildman–Crippen LogP) is 2.87. The average Bonchev–Trinajstić information content (AvgIpc) is 2.45. The molecule has 0 aliphatic carbocycles. The third-order valence-corrected chi connectivity index (χ3v) is 2.41. The maximum absolute atomic E-state index is 10.6. The molecule has 0 amide bonds. The summed E-state index contributed by atoms with van der Waals surface area (Å²) in [7, 11) is 0. The van der Waals surface area contributed by atoms with Gasteiger partial charge in [-0.05, 0) is 23.8 Å². The summed E-state index contributed by atoms with van der Waals surface area (Å²) in [5, 5.41) is 8.70. The number of nitrogens with zero attached hydrogens (tertiary/aromatic N) is 1. The molecule has 4 heteroatoms. The molecule has 0 aliphatic heterocycles. The summed E-state index contributed by atoms with van der Waals surface area (Å²) in [5.74, 6) is -0.502. The largest absolute Gasteiger partial charge is 0.488 e. The molecule has 1 aromatic carbocycles. The number of benzene rings is 1. The van der Waals surface area contributed by atoms with Crippen molar-refractivity contribution in [1.82, 2.24) is 4.98 Å². The van der Waals surface area contributed by atoms with Gasteiger partial charge >= 0.3 is 5.97 Å². The number of aromatic carboxylic acids is 1. The summed E-state index contributed by atoms with van der Waals surface area (Å²) in [6.45, 7) is 0.406. The number of carbonyl (C=O) groups is 1. The summed E-state index contributed by atoms with van der Waals surface area (Å²) in [5.41, 5.74) is 1.11. The fraction of sp³-hybridized carbons (Fsp3) is 0.0667. The van der Waals surface area contributed by atoms with Gasteiger partial charge in [0.25, 0.3) is 0 Å². The maximum Gasteiger partial charge on any atom is 0.354 e. The van der Waals surface area contributed by atoms with E-state index in [4.69, 9.17) is 9.84 Å². The van der Waals surface area contributed by atoms with Crippen LogP contribution in [-0.2, 0) is 0 Å². The molecule has 2 aromatic rings. The number of ether oxygens (including phenoxy) is 1. The second-order valence-electron chi connectivity index (χ2n) is 3.81. The monoisotopic (exact) mass is 255 g/mol. The lowest BCUT2D eigenvalue weighted by molar-refractivity contribution is 0.0690. The Morgan fingerprint density at radius 3 is 2.63 bits per heavy atom. The highest BCUT2D eigenvalue weighted by atomic mass is 16.5. The maximum atomic E-state index is 10.6. The van der Waals surface area contributed by atoms with E-state index in [2.05, 4.69) is 4.98 Å². The number of hydrogen-bond donors (Lipinski definition) is 1. The van der Waals surface area contributed by atoms with E-state index in [0.29, 0.717) is 12.4 Å². The molecular weight excluding hydrogens is 242 g/mol. The minimum atomic E-state index is -1.05. The molecule has 0 fully saturated rings. The van der Waals surface area contributed by atoms with Gasteiger partial charge in [0.05, 0.1) is 6.20 Å². The lowest BCUT2D eigenvalue weighted by Crippen LogP contribution is -2.00. The Labute approximate surface area is 111 Å². The highest BCUT2D eigenvalue weighted by Gasteiger charge is 2.03. The Bertz CT molecular complexity index is 562. The van der Waals surface area contributed by atoms with Crippen LogP contribution in [-0.4, -0.2) is 22.7 Å². The first-order chi connectivity index (χ1) is 9.25. The van der Waals surface area contributed by atoms with Gasteiger partial charge in [0.1, 0.15) is 18.1 Å². The van der Waals surface area contributed by atoms with E-state index in [1.54, 1.807) is 6.07 Å². The van der Waals surface area contributed by atoms with E-state index in [1.165, 1.54) is 12.3 Å². The van der Waals surface area contributed by atoms with Crippen molar-refractivity contribution in [3.8, 4) is 5.75 Å². The predicted molar refractivity (Wildman–Crippen MR) is 72.2 cm³/mol. The highest BCUT2D eigenvalue weighted by Crippen LogP contribution is 2.09. The Hall–Kier alpha value is -2.62. The van der Waals surface area contributed by atoms with Gasteiger partial charge in [0, 0.05) is 0 Å². The third-order valence-electron chi connectivity index (χ3n) is 2.41. The van der Waals surface area contributed by atoms with Gasteiger partial charge in [0.2, 0.25) is 0 Å². The molecule has 0 bridgehead atoms. The van der Waals surface area contributed by atoms with Gasteiger partial charge in [-0.25, -0.2) is 9.78 Å². The number of carboxylic acids is 1. The lowest BCUT2D eigenvalue weighted by Gasteiger charge is -2.02. The molecule has 0 atom stereocenters. The van der Waals surface area contributed by atoms with Crippen molar-refractivity contribution in [2.45, 2.75) is 0 Å². The van der Waals surface area contributed by atoms with Crippen LogP contribution in [0.5, 0.6) is 5.75 Å². The van der Waals surface area contributed by atoms with Crippen molar-refractivity contribution >= 4 is 12.0 Å². The molecule has 0 aliphatic rings. The van der Waals surface area contributed by atoms with Crippen LogP contribution in [0.25, 0.3) is 6.08 Å². The SMILES string of the molecule is O=C(O)c1ccc(OC/C=C/c2ccccc2)cn1. The second-order valence-corrected chi connectivity index (χ2v) is 3.81. The van der Waals surface area contributed by atoms with Gasteiger partial charge in [-0.3, -0.25) is 0 Å². The van der Waals surface area contributed by atoms with Gasteiger partial charge in [-0.2, -0.15) is 0 Å². The molecule has 0 unspecified atom stereocenters.